The minimum absolute atomic E-state index is 0.00365. The van der Waals surface area contributed by atoms with Crippen molar-refractivity contribution in [2.24, 2.45) is 0 Å². The lowest BCUT2D eigenvalue weighted by Gasteiger charge is -2.24. The lowest BCUT2D eigenvalue weighted by atomic mass is 10.1. The molecule has 0 bridgehead atoms. The molecule has 0 saturated carbocycles. The number of likely N-dealkylation sites (N-methyl/N-ethyl adjacent to an activating group) is 1. The first-order chi connectivity index (χ1) is 11.4. The Labute approximate surface area is 147 Å². The first-order valence-electron chi connectivity index (χ1n) is 7.73. The Morgan fingerprint density at radius 1 is 1.08 bits per heavy atom. The molecule has 5 heteroatoms. The van der Waals surface area contributed by atoms with E-state index in [1.807, 2.05) is 43.1 Å². The van der Waals surface area contributed by atoms with Gasteiger partial charge >= 0.3 is 0 Å². The third-order valence-corrected chi connectivity index (χ3v) is 4.20. The molecule has 1 N–H and O–H groups in total. The van der Waals surface area contributed by atoms with Crippen molar-refractivity contribution in [1.29, 1.82) is 0 Å². The van der Waals surface area contributed by atoms with E-state index in [-0.39, 0.29) is 17.7 Å². The zero-order valence-electron chi connectivity index (χ0n) is 14.0. The fraction of sp³-hybridized carbons (Fsp3) is 0.263. The van der Waals surface area contributed by atoms with Gasteiger partial charge in [-0.2, -0.15) is 0 Å². The van der Waals surface area contributed by atoms with Crippen molar-refractivity contribution >= 4 is 29.0 Å². The van der Waals surface area contributed by atoms with E-state index in [1.54, 1.807) is 24.3 Å². The zero-order valence-corrected chi connectivity index (χ0v) is 14.8. The van der Waals surface area contributed by atoms with Crippen molar-refractivity contribution in [2.75, 3.05) is 12.4 Å². The summed E-state index contributed by atoms with van der Waals surface area (Å²) in [6, 6.07) is 14.2. The molecule has 0 saturated heterocycles. The number of hydrogen-bond acceptors (Lipinski definition) is 3. The first-order valence-corrected chi connectivity index (χ1v) is 8.11. The van der Waals surface area contributed by atoms with Crippen LogP contribution >= 0.6 is 11.6 Å². The van der Waals surface area contributed by atoms with E-state index in [1.165, 1.54) is 6.92 Å². The number of hydrogen-bond donors (Lipinski definition) is 1. The molecule has 126 valence electrons. The molecule has 0 aliphatic carbocycles. The summed E-state index contributed by atoms with van der Waals surface area (Å²) in [6.45, 7) is 4.02. The van der Waals surface area contributed by atoms with Crippen molar-refractivity contribution in [1.82, 2.24) is 4.90 Å². The van der Waals surface area contributed by atoms with E-state index in [0.717, 1.165) is 5.56 Å². The van der Waals surface area contributed by atoms with Crippen molar-refractivity contribution in [3.63, 3.8) is 0 Å². The average Bonchev–Trinajstić information content (AvgIpc) is 2.56. The first kappa shape index (κ1) is 18.2. The van der Waals surface area contributed by atoms with Gasteiger partial charge in [0.1, 0.15) is 0 Å². The predicted molar refractivity (Wildman–Crippen MR) is 97.5 cm³/mol. The minimum Gasteiger partial charge on any atom is -0.325 e. The standard InChI is InChI=1S/C19H21ClN2O2/c1-13(22(3)12-15-4-8-17(20)9-5-15)19(24)21-18-10-6-16(7-11-18)14(2)23/h4-11,13H,12H2,1-3H3,(H,21,24)/t13-/m1/s1. The fourth-order valence-corrected chi connectivity index (χ4v) is 2.38. The summed E-state index contributed by atoms with van der Waals surface area (Å²) in [4.78, 5) is 25.6. The maximum atomic E-state index is 12.4. The molecule has 24 heavy (non-hydrogen) atoms. The number of halogens is 1. The Balaban J connectivity index is 1.95. The van der Waals surface area contributed by atoms with E-state index in [0.29, 0.717) is 22.8 Å². The summed E-state index contributed by atoms with van der Waals surface area (Å²) >= 11 is 5.88. The van der Waals surface area contributed by atoms with Gasteiger partial charge in [0.2, 0.25) is 5.91 Å². The van der Waals surface area contributed by atoms with Crippen LogP contribution in [0.5, 0.6) is 0 Å². The van der Waals surface area contributed by atoms with Crippen molar-refractivity contribution in [3.8, 4) is 0 Å². The monoisotopic (exact) mass is 344 g/mol. The molecule has 0 aliphatic heterocycles. The molecular weight excluding hydrogens is 324 g/mol. The van der Waals surface area contributed by atoms with Gasteiger partial charge in [-0.1, -0.05) is 23.7 Å². The van der Waals surface area contributed by atoms with Crippen LogP contribution < -0.4 is 5.32 Å². The third-order valence-electron chi connectivity index (χ3n) is 3.94. The highest BCUT2D eigenvalue weighted by molar-refractivity contribution is 6.30. The molecule has 0 aliphatic rings. The fourth-order valence-electron chi connectivity index (χ4n) is 2.25. The van der Waals surface area contributed by atoms with Gasteiger partial charge in [-0.05, 0) is 62.9 Å². The van der Waals surface area contributed by atoms with Crippen molar-refractivity contribution in [3.05, 3.63) is 64.7 Å². The molecule has 0 fully saturated rings. The van der Waals surface area contributed by atoms with Crippen LogP contribution in [-0.2, 0) is 11.3 Å². The molecule has 2 aromatic rings. The molecule has 0 aromatic heterocycles. The van der Waals surface area contributed by atoms with Crippen LogP contribution in [0.4, 0.5) is 5.69 Å². The van der Waals surface area contributed by atoms with Gasteiger partial charge in [0.15, 0.2) is 5.78 Å². The predicted octanol–water partition coefficient (Wildman–Crippen LogP) is 4.00. The molecule has 0 unspecified atom stereocenters. The number of carbonyl (C=O) groups is 2. The molecular formula is C19H21ClN2O2. The van der Waals surface area contributed by atoms with Gasteiger partial charge in [0.25, 0.3) is 0 Å². The van der Waals surface area contributed by atoms with Gasteiger partial charge in [0, 0.05) is 22.8 Å². The van der Waals surface area contributed by atoms with Crippen LogP contribution in [0.3, 0.4) is 0 Å². The number of nitrogens with one attached hydrogen (secondary N) is 1. The second-order valence-corrected chi connectivity index (χ2v) is 6.28. The normalized spacial score (nSPS) is 12.0. The van der Waals surface area contributed by atoms with E-state index in [9.17, 15) is 9.59 Å². The Hall–Kier alpha value is -2.17. The summed E-state index contributed by atoms with van der Waals surface area (Å²) in [6.07, 6.45) is 0. The average molecular weight is 345 g/mol. The number of rotatable bonds is 6. The molecule has 1 amide bonds. The summed E-state index contributed by atoms with van der Waals surface area (Å²) < 4.78 is 0. The number of ketones is 1. The molecule has 0 spiro atoms. The number of Topliss-reactive ketones (excluding diaryl/α,β-unsaturated/α-hetero) is 1. The van der Waals surface area contributed by atoms with E-state index in [4.69, 9.17) is 11.6 Å². The summed E-state index contributed by atoms with van der Waals surface area (Å²) in [5, 5.41) is 3.57. The molecule has 2 aromatic carbocycles. The highest BCUT2D eigenvalue weighted by atomic mass is 35.5. The van der Waals surface area contributed by atoms with Crippen LogP contribution in [-0.4, -0.2) is 29.7 Å². The Morgan fingerprint density at radius 2 is 1.67 bits per heavy atom. The smallest absolute Gasteiger partial charge is 0.241 e. The molecule has 2 rings (SSSR count). The molecule has 0 heterocycles. The van der Waals surface area contributed by atoms with Crippen LogP contribution in [0, 0.1) is 0 Å². The SMILES string of the molecule is CC(=O)c1ccc(NC(=O)[C@@H](C)N(C)Cc2ccc(Cl)cc2)cc1. The maximum absolute atomic E-state index is 12.4. The maximum Gasteiger partial charge on any atom is 0.241 e. The van der Waals surface area contributed by atoms with Crippen LogP contribution in [0.1, 0.15) is 29.8 Å². The van der Waals surface area contributed by atoms with E-state index < -0.39 is 0 Å². The number of nitrogens with zero attached hydrogens (tertiary/aromatic N) is 1. The minimum atomic E-state index is -0.298. The number of anilines is 1. The summed E-state index contributed by atoms with van der Waals surface area (Å²) in [5.74, 6) is -0.0917. The van der Waals surface area contributed by atoms with Crippen LogP contribution in [0.15, 0.2) is 48.5 Å². The Morgan fingerprint density at radius 3 is 2.21 bits per heavy atom. The summed E-state index contributed by atoms with van der Waals surface area (Å²) in [7, 11) is 1.90. The lowest BCUT2D eigenvalue weighted by molar-refractivity contribution is -0.120. The second kappa shape index (κ2) is 8.08. The number of amides is 1. The summed E-state index contributed by atoms with van der Waals surface area (Å²) in [5.41, 5.74) is 2.39. The van der Waals surface area contributed by atoms with E-state index >= 15 is 0 Å². The van der Waals surface area contributed by atoms with Gasteiger partial charge in [-0.25, -0.2) is 0 Å². The van der Waals surface area contributed by atoms with Gasteiger partial charge in [0.05, 0.1) is 6.04 Å². The Bertz CT molecular complexity index is 711. The number of carbonyl (C=O) groups excluding carboxylic acids is 2. The molecule has 0 radical (unpaired) electrons. The zero-order chi connectivity index (χ0) is 17.7. The number of benzene rings is 2. The van der Waals surface area contributed by atoms with Gasteiger partial charge in [-0.15, -0.1) is 0 Å². The van der Waals surface area contributed by atoms with E-state index in [2.05, 4.69) is 5.32 Å². The lowest BCUT2D eigenvalue weighted by Crippen LogP contribution is -2.39. The second-order valence-electron chi connectivity index (χ2n) is 5.84. The van der Waals surface area contributed by atoms with Gasteiger partial charge in [-0.3, -0.25) is 14.5 Å². The molecule has 1 atom stereocenters. The Kier molecular flexibility index (Phi) is 6.12. The quantitative estimate of drug-likeness (QED) is 0.806. The molecule has 4 nitrogen and oxygen atoms in total. The van der Waals surface area contributed by atoms with Crippen LogP contribution in [0.25, 0.3) is 0 Å². The largest absolute Gasteiger partial charge is 0.325 e. The van der Waals surface area contributed by atoms with Gasteiger partial charge < -0.3 is 5.32 Å². The topological polar surface area (TPSA) is 49.4 Å². The highest BCUT2D eigenvalue weighted by Gasteiger charge is 2.18. The highest BCUT2D eigenvalue weighted by Crippen LogP contribution is 2.14. The van der Waals surface area contributed by atoms with Crippen molar-refractivity contribution < 1.29 is 9.59 Å². The third kappa shape index (κ3) is 4.91. The van der Waals surface area contributed by atoms with Crippen molar-refractivity contribution in [2.45, 2.75) is 26.4 Å². The van der Waals surface area contributed by atoms with Crippen LogP contribution in [0.2, 0.25) is 5.02 Å².